The lowest BCUT2D eigenvalue weighted by Crippen LogP contribution is -2.33. The van der Waals surface area contributed by atoms with Gasteiger partial charge in [-0.1, -0.05) is 32.0 Å². The van der Waals surface area contributed by atoms with Gasteiger partial charge in [0.2, 0.25) is 0 Å². The van der Waals surface area contributed by atoms with Crippen LogP contribution in [0.4, 0.5) is 0 Å². The van der Waals surface area contributed by atoms with E-state index in [1.54, 1.807) is 7.11 Å². The fourth-order valence-corrected chi connectivity index (χ4v) is 1.73. The number of aryl methyl sites for hydroxylation is 1. The third-order valence-electron chi connectivity index (χ3n) is 3.42. The molecule has 0 amide bonds. The summed E-state index contributed by atoms with van der Waals surface area (Å²) in [5.74, 6) is 1.64. The van der Waals surface area contributed by atoms with Gasteiger partial charge in [-0.15, -0.1) is 0 Å². The lowest BCUT2D eigenvalue weighted by Gasteiger charge is -2.23. The molecule has 0 heterocycles. The fraction of sp³-hybridized carbons (Fsp3) is 0.533. The summed E-state index contributed by atoms with van der Waals surface area (Å²) in [7, 11) is 1.63. The van der Waals surface area contributed by atoms with Gasteiger partial charge >= 0.3 is 0 Å². The Kier molecular flexibility index (Phi) is 5.67. The summed E-state index contributed by atoms with van der Waals surface area (Å²) in [5.41, 5.74) is 6.43. The van der Waals surface area contributed by atoms with E-state index in [1.807, 2.05) is 32.0 Å². The Labute approximate surface area is 120 Å². The van der Waals surface area contributed by atoms with Gasteiger partial charge in [-0.2, -0.15) is 0 Å². The first-order chi connectivity index (χ1) is 9.44. The summed E-state index contributed by atoms with van der Waals surface area (Å²) in [6, 6.07) is 5.91. The van der Waals surface area contributed by atoms with Gasteiger partial charge in [-0.3, -0.25) is 0 Å². The number of oxime groups is 1. The van der Waals surface area contributed by atoms with Crippen molar-refractivity contribution in [2.24, 2.45) is 16.3 Å². The fourth-order valence-electron chi connectivity index (χ4n) is 1.73. The Morgan fingerprint density at radius 2 is 2.05 bits per heavy atom. The number of ether oxygens (including phenoxy) is 2. The van der Waals surface area contributed by atoms with Crippen LogP contribution in [-0.2, 0) is 6.42 Å². The molecule has 112 valence electrons. The minimum absolute atomic E-state index is 0.203. The van der Waals surface area contributed by atoms with Crippen LogP contribution in [-0.4, -0.2) is 24.8 Å². The molecule has 0 fully saturated rings. The van der Waals surface area contributed by atoms with Crippen LogP contribution in [0.5, 0.6) is 11.5 Å². The zero-order valence-electron chi connectivity index (χ0n) is 12.6. The van der Waals surface area contributed by atoms with Crippen molar-refractivity contribution in [3.8, 4) is 11.5 Å². The Balaban J connectivity index is 2.67. The van der Waals surface area contributed by atoms with Crippen molar-refractivity contribution in [3.63, 3.8) is 0 Å². The number of nitrogens with zero attached hydrogens (tertiary/aromatic N) is 1. The summed E-state index contributed by atoms with van der Waals surface area (Å²) in [6.07, 6.45) is 1.59. The second-order valence-electron chi connectivity index (χ2n) is 5.31. The SMILES string of the molecule is CCc1ccc(OCCC(C)(C)/C(N)=N/O)c(OC)c1. The highest BCUT2D eigenvalue weighted by molar-refractivity contribution is 5.85. The van der Waals surface area contributed by atoms with Crippen LogP contribution in [0, 0.1) is 5.41 Å². The quantitative estimate of drug-likeness (QED) is 0.348. The van der Waals surface area contributed by atoms with Gasteiger partial charge in [-0.25, -0.2) is 0 Å². The average molecular weight is 280 g/mol. The van der Waals surface area contributed by atoms with E-state index in [9.17, 15) is 0 Å². The van der Waals surface area contributed by atoms with Crippen molar-refractivity contribution >= 4 is 5.84 Å². The van der Waals surface area contributed by atoms with Crippen LogP contribution in [0.1, 0.15) is 32.8 Å². The predicted octanol–water partition coefficient (Wildman–Crippen LogP) is 2.80. The Morgan fingerprint density at radius 1 is 1.35 bits per heavy atom. The van der Waals surface area contributed by atoms with E-state index in [2.05, 4.69) is 12.1 Å². The molecule has 0 aliphatic carbocycles. The summed E-state index contributed by atoms with van der Waals surface area (Å²) in [6.45, 7) is 6.37. The van der Waals surface area contributed by atoms with Gasteiger partial charge in [0.25, 0.3) is 0 Å². The average Bonchev–Trinajstić information content (AvgIpc) is 2.46. The minimum Gasteiger partial charge on any atom is -0.493 e. The zero-order valence-corrected chi connectivity index (χ0v) is 12.6. The van der Waals surface area contributed by atoms with E-state index in [0.29, 0.717) is 18.8 Å². The molecule has 1 aromatic rings. The molecule has 0 aromatic heterocycles. The van der Waals surface area contributed by atoms with Crippen LogP contribution < -0.4 is 15.2 Å². The van der Waals surface area contributed by atoms with Gasteiger partial charge in [-0.05, 0) is 30.5 Å². The lowest BCUT2D eigenvalue weighted by molar-refractivity contribution is 0.250. The number of amidine groups is 1. The lowest BCUT2D eigenvalue weighted by atomic mass is 9.88. The number of methoxy groups -OCH3 is 1. The van der Waals surface area contributed by atoms with Crippen LogP contribution in [0.15, 0.2) is 23.4 Å². The van der Waals surface area contributed by atoms with E-state index in [1.165, 1.54) is 5.56 Å². The van der Waals surface area contributed by atoms with Crippen LogP contribution in [0.3, 0.4) is 0 Å². The second-order valence-corrected chi connectivity index (χ2v) is 5.31. The van der Waals surface area contributed by atoms with Gasteiger partial charge < -0.3 is 20.4 Å². The molecule has 0 radical (unpaired) electrons. The number of benzene rings is 1. The van der Waals surface area contributed by atoms with E-state index in [0.717, 1.165) is 12.2 Å². The summed E-state index contributed by atoms with van der Waals surface area (Å²) in [5, 5.41) is 11.8. The molecule has 0 aliphatic rings. The monoisotopic (exact) mass is 280 g/mol. The van der Waals surface area contributed by atoms with Crippen molar-refractivity contribution in [1.29, 1.82) is 0 Å². The smallest absolute Gasteiger partial charge is 0.161 e. The third kappa shape index (κ3) is 4.05. The Morgan fingerprint density at radius 3 is 2.60 bits per heavy atom. The van der Waals surface area contributed by atoms with Crippen molar-refractivity contribution in [3.05, 3.63) is 23.8 Å². The normalized spacial score (nSPS) is 12.3. The van der Waals surface area contributed by atoms with E-state index in [4.69, 9.17) is 20.4 Å². The highest BCUT2D eigenvalue weighted by Gasteiger charge is 2.23. The number of nitrogens with two attached hydrogens (primary N) is 1. The van der Waals surface area contributed by atoms with Crippen molar-refractivity contribution in [2.75, 3.05) is 13.7 Å². The molecule has 0 saturated carbocycles. The zero-order chi connectivity index (χ0) is 15.2. The van der Waals surface area contributed by atoms with Gasteiger partial charge in [0.05, 0.1) is 13.7 Å². The molecular formula is C15H24N2O3. The maximum atomic E-state index is 8.73. The minimum atomic E-state index is -0.411. The molecule has 1 aromatic carbocycles. The molecule has 0 bridgehead atoms. The first-order valence-corrected chi connectivity index (χ1v) is 6.72. The molecule has 0 atom stereocenters. The summed E-state index contributed by atoms with van der Waals surface area (Å²) >= 11 is 0. The molecule has 0 aliphatic heterocycles. The van der Waals surface area contributed by atoms with Gasteiger partial charge in [0, 0.05) is 5.41 Å². The number of rotatable bonds is 7. The highest BCUT2D eigenvalue weighted by Crippen LogP contribution is 2.29. The third-order valence-corrected chi connectivity index (χ3v) is 3.42. The van der Waals surface area contributed by atoms with Crippen LogP contribution in [0.2, 0.25) is 0 Å². The molecule has 5 heteroatoms. The van der Waals surface area contributed by atoms with E-state index in [-0.39, 0.29) is 5.84 Å². The Bertz CT molecular complexity index is 470. The Hall–Kier alpha value is -1.91. The maximum absolute atomic E-state index is 8.73. The van der Waals surface area contributed by atoms with Crippen molar-refractivity contribution in [2.45, 2.75) is 33.6 Å². The first kappa shape index (κ1) is 16.1. The maximum Gasteiger partial charge on any atom is 0.161 e. The predicted molar refractivity (Wildman–Crippen MR) is 79.7 cm³/mol. The number of hydrogen-bond donors (Lipinski definition) is 2. The molecule has 0 saturated heterocycles. The molecule has 0 spiro atoms. The van der Waals surface area contributed by atoms with E-state index >= 15 is 0 Å². The van der Waals surface area contributed by atoms with E-state index < -0.39 is 5.41 Å². The van der Waals surface area contributed by atoms with Crippen molar-refractivity contribution in [1.82, 2.24) is 0 Å². The molecule has 0 unspecified atom stereocenters. The standard InChI is InChI=1S/C15H24N2O3/c1-5-11-6-7-12(13(10-11)19-4)20-9-8-15(2,3)14(16)17-18/h6-7,10,18H,5,8-9H2,1-4H3,(H2,16,17). The van der Waals surface area contributed by atoms with Gasteiger partial charge in [0.1, 0.15) is 5.84 Å². The van der Waals surface area contributed by atoms with Crippen LogP contribution in [0.25, 0.3) is 0 Å². The molecule has 20 heavy (non-hydrogen) atoms. The largest absolute Gasteiger partial charge is 0.493 e. The molecule has 1 rings (SSSR count). The van der Waals surface area contributed by atoms with Crippen molar-refractivity contribution < 1.29 is 14.7 Å². The highest BCUT2D eigenvalue weighted by atomic mass is 16.5. The molecule has 5 nitrogen and oxygen atoms in total. The topological polar surface area (TPSA) is 77.1 Å². The van der Waals surface area contributed by atoms with Gasteiger partial charge in [0.15, 0.2) is 11.5 Å². The first-order valence-electron chi connectivity index (χ1n) is 6.72. The molecular weight excluding hydrogens is 256 g/mol. The summed E-state index contributed by atoms with van der Waals surface area (Å²) in [4.78, 5) is 0. The molecule has 3 N–H and O–H groups in total. The second kappa shape index (κ2) is 7.03. The van der Waals surface area contributed by atoms with Crippen LogP contribution >= 0.6 is 0 Å². The summed E-state index contributed by atoms with van der Waals surface area (Å²) < 4.78 is 11.1. The number of hydrogen-bond acceptors (Lipinski definition) is 4.